The van der Waals surface area contributed by atoms with Crippen LogP contribution in [0.4, 0.5) is 5.69 Å². The highest BCUT2D eigenvalue weighted by Gasteiger charge is 2.41. The van der Waals surface area contributed by atoms with E-state index < -0.39 is 0 Å². The Morgan fingerprint density at radius 1 is 1.32 bits per heavy atom. The Hall–Kier alpha value is -1.32. The van der Waals surface area contributed by atoms with Crippen molar-refractivity contribution in [3.8, 4) is 0 Å². The normalized spacial score (nSPS) is 31.3. The molecular weight excluding hydrogens is 236 g/mol. The van der Waals surface area contributed by atoms with Crippen LogP contribution in [0.2, 0.25) is 0 Å². The molecule has 19 heavy (non-hydrogen) atoms. The fourth-order valence-electron chi connectivity index (χ4n) is 3.27. The minimum atomic E-state index is -0.205. The van der Waals surface area contributed by atoms with Crippen molar-refractivity contribution in [2.24, 2.45) is 0 Å². The molecule has 2 aliphatic heterocycles. The molecule has 0 radical (unpaired) electrons. The van der Waals surface area contributed by atoms with E-state index in [1.54, 1.807) is 0 Å². The molecule has 0 spiro atoms. The van der Waals surface area contributed by atoms with Crippen LogP contribution in [0.5, 0.6) is 0 Å². The van der Waals surface area contributed by atoms with Crippen LogP contribution in [0.1, 0.15) is 25.3 Å². The molecule has 3 nitrogen and oxygen atoms in total. The first-order valence-corrected chi connectivity index (χ1v) is 7.04. The van der Waals surface area contributed by atoms with Crippen LogP contribution >= 0.6 is 0 Å². The number of aliphatic hydroxyl groups is 1. The summed E-state index contributed by atoms with van der Waals surface area (Å²) < 4.78 is 0. The fraction of sp³-hybridized carbons (Fsp3) is 0.500. The van der Waals surface area contributed by atoms with Crippen molar-refractivity contribution in [2.75, 3.05) is 18.5 Å². The summed E-state index contributed by atoms with van der Waals surface area (Å²) in [5.41, 5.74) is 2.48. The van der Waals surface area contributed by atoms with Gasteiger partial charge in [0.2, 0.25) is 0 Å². The summed E-state index contributed by atoms with van der Waals surface area (Å²) in [4.78, 5) is 4.68. The molecular formula is C16H22N2O. The summed E-state index contributed by atoms with van der Waals surface area (Å²) in [5, 5.41) is 10.1. The number of hydrogen-bond acceptors (Lipinski definition) is 3. The molecule has 1 saturated heterocycles. The summed E-state index contributed by atoms with van der Waals surface area (Å²) >= 11 is 0. The Balaban J connectivity index is 2.00. The van der Waals surface area contributed by atoms with Crippen LogP contribution in [0.25, 0.3) is 0 Å². The fourth-order valence-corrected chi connectivity index (χ4v) is 3.27. The van der Waals surface area contributed by atoms with Gasteiger partial charge in [0.15, 0.2) is 0 Å². The Morgan fingerprint density at radius 3 is 2.95 bits per heavy atom. The van der Waals surface area contributed by atoms with Crippen molar-refractivity contribution in [2.45, 2.75) is 38.0 Å². The van der Waals surface area contributed by atoms with Gasteiger partial charge in [0.05, 0.1) is 11.8 Å². The molecule has 0 aromatic heterocycles. The Bertz CT molecular complexity index is 499. The second-order valence-electron chi connectivity index (χ2n) is 5.87. The largest absolute Gasteiger partial charge is 0.393 e. The molecule has 2 unspecified atom stereocenters. The Labute approximate surface area is 115 Å². The second kappa shape index (κ2) is 4.66. The molecule has 0 bridgehead atoms. The molecule has 2 heterocycles. The number of likely N-dealkylation sites (tertiary alicyclic amines) is 1. The molecule has 1 aromatic rings. The van der Waals surface area contributed by atoms with Gasteiger partial charge in [-0.1, -0.05) is 24.3 Å². The number of allylic oxidation sites excluding steroid dienone is 1. The zero-order chi connectivity index (χ0) is 13.5. The highest BCUT2D eigenvalue weighted by Crippen LogP contribution is 2.37. The van der Waals surface area contributed by atoms with E-state index >= 15 is 0 Å². The topological polar surface area (TPSA) is 26.7 Å². The smallest absolute Gasteiger partial charge is 0.0969 e. The van der Waals surface area contributed by atoms with E-state index in [9.17, 15) is 5.11 Å². The second-order valence-corrected chi connectivity index (χ2v) is 5.87. The molecule has 1 N–H and O–H groups in total. The van der Waals surface area contributed by atoms with Gasteiger partial charge in [-0.2, -0.15) is 0 Å². The van der Waals surface area contributed by atoms with Crippen molar-refractivity contribution in [3.63, 3.8) is 0 Å². The highest BCUT2D eigenvalue weighted by atomic mass is 16.3. The minimum absolute atomic E-state index is 0.148. The lowest BCUT2D eigenvalue weighted by atomic mass is 9.91. The van der Waals surface area contributed by atoms with Gasteiger partial charge in [-0.3, -0.25) is 4.90 Å². The van der Waals surface area contributed by atoms with E-state index in [1.807, 2.05) is 0 Å². The van der Waals surface area contributed by atoms with Crippen molar-refractivity contribution < 1.29 is 5.11 Å². The molecule has 0 aliphatic carbocycles. The number of para-hydroxylation sites is 1. The lowest BCUT2D eigenvalue weighted by Crippen LogP contribution is -2.61. The van der Waals surface area contributed by atoms with Crippen LogP contribution in [0.15, 0.2) is 36.5 Å². The highest BCUT2D eigenvalue weighted by molar-refractivity contribution is 5.60. The van der Waals surface area contributed by atoms with Crippen molar-refractivity contribution in [3.05, 3.63) is 42.1 Å². The maximum atomic E-state index is 10.1. The zero-order valence-corrected chi connectivity index (χ0v) is 11.7. The van der Waals surface area contributed by atoms with Gasteiger partial charge in [-0.25, -0.2) is 0 Å². The molecule has 2 aliphatic rings. The average molecular weight is 258 g/mol. The van der Waals surface area contributed by atoms with Crippen molar-refractivity contribution >= 4 is 5.69 Å². The van der Waals surface area contributed by atoms with Crippen LogP contribution < -0.4 is 4.90 Å². The number of benzene rings is 1. The zero-order valence-electron chi connectivity index (χ0n) is 11.7. The van der Waals surface area contributed by atoms with Gasteiger partial charge in [-0.05, 0) is 38.4 Å². The van der Waals surface area contributed by atoms with Crippen molar-refractivity contribution in [1.29, 1.82) is 0 Å². The predicted molar refractivity (Wildman–Crippen MR) is 78.0 cm³/mol. The number of hydrogen-bond donors (Lipinski definition) is 1. The van der Waals surface area contributed by atoms with Crippen molar-refractivity contribution in [1.82, 2.24) is 4.90 Å². The molecule has 0 amide bonds. The van der Waals surface area contributed by atoms with E-state index in [0.29, 0.717) is 0 Å². The van der Waals surface area contributed by atoms with E-state index in [-0.39, 0.29) is 11.8 Å². The lowest BCUT2D eigenvalue weighted by Gasteiger charge is -2.52. The average Bonchev–Trinajstić information content (AvgIpc) is 2.42. The summed E-state index contributed by atoms with van der Waals surface area (Å²) in [6.45, 7) is 3.16. The molecule has 102 valence electrons. The number of nitrogens with zero attached hydrogens (tertiary/aromatic N) is 2. The third-order valence-corrected chi connectivity index (χ3v) is 4.60. The van der Waals surface area contributed by atoms with Crippen LogP contribution in [0, 0.1) is 0 Å². The monoisotopic (exact) mass is 258 g/mol. The van der Waals surface area contributed by atoms with Crippen LogP contribution in [-0.4, -0.2) is 35.4 Å². The maximum Gasteiger partial charge on any atom is 0.0969 e. The summed E-state index contributed by atoms with van der Waals surface area (Å²) in [5.74, 6) is 0. The van der Waals surface area contributed by atoms with E-state index in [4.69, 9.17) is 0 Å². The summed E-state index contributed by atoms with van der Waals surface area (Å²) in [7, 11) is 2.15. The third kappa shape index (κ3) is 2.07. The first kappa shape index (κ1) is 12.7. The maximum absolute atomic E-state index is 10.1. The van der Waals surface area contributed by atoms with Gasteiger partial charge >= 0.3 is 0 Å². The molecule has 2 atom stereocenters. The summed E-state index contributed by atoms with van der Waals surface area (Å²) in [6, 6.07) is 8.55. The SMILES string of the molecule is CN1CCC(O)CC1(C)N1C=CCc2ccccc21. The van der Waals surface area contributed by atoms with E-state index in [1.165, 1.54) is 11.3 Å². The van der Waals surface area contributed by atoms with E-state index in [0.717, 1.165) is 25.8 Å². The number of rotatable bonds is 1. The van der Waals surface area contributed by atoms with Gasteiger partial charge in [0.25, 0.3) is 0 Å². The standard InChI is InChI=1S/C16H22N2O/c1-16(12-14(19)9-11-17(16)2)18-10-5-7-13-6-3-4-8-15(13)18/h3-6,8,10,14,19H,7,9,11-12H2,1-2H3. The summed E-state index contributed by atoms with van der Waals surface area (Å²) in [6.07, 6.45) is 6.82. The number of fused-ring (bicyclic) bond motifs is 1. The predicted octanol–water partition coefficient (Wildman–Crippen LogP) is 2.37. The molecule has 1 aromatic carbocycles. The first-order valence-electron chi connectivity index (χ1n) is 7.04. The molecule has 3 rings (SSSR count). The molecule has 0 saturated carbocycles. The van der Waals surface area contributed by atoms with Gasteiger partial charge in [0.1, 0.15) is 0 Å². The molecule has 1 fully saturated rings. The van der Waals surface area contributed by atoms with E-state index in [2.05, 4.69) is 60.3 Å². The van der Waals surface area contributed by atoms with Gasteiger partial charge in [0, 0.05) is 24.9 Å². The third-order valence-electron chi connectivity index (χ3n) is 4.60. The first-order chi connectivity index (χ1) is 9.11. The Kier molecular flexibility index (Phi) is 3.11. The van der Waals surface area contributed by atoms with Crippen LogP contribution in [-0.2, 0) is 6.42 Å². The number of piperidine rings is 1. The lowest BCUT2D eigenvalue weighted by molar-refractivity contribution is 0.00600. The van der Waals surface area contributed by atoms with Gasteiger partial charge < -0.3 is 10.0 Å². The quantitative estimate of drug-likeness (QED) is 0.837. The number of aliphatic hydroxyl groups excluding tert-OH is 1. The van der Waals surface area contributed by atoms with Gasteiger partial charge in [-0.15, -0.1) is 0 Å². The number of anilines is 1. The van der Waals surface area contributed by atoms with Crippen LogP contribution in [0.3, 0.4) is 0 Å². The molecule has 3 heteroatoms. The minimum Gasteiger partial charge on any atom is -0.393 e. The Morgan fingerprint density at radius 2 is 2.11 bits per heavy atom.